The molecule has 7 nitrogen and oxygen atoms in total. The SMILES string of the molecule is CCc1cc(=O)n2[nH]c([C@H]3CCCN3C(=O)[C@H]3CCC[C@H](OC)C3)cc2n1. The molecular formula is C20H28N4O3. The number of nitrogens with zero attached hydrogens (tertiary/aromatic N) is 3. The Balaban J connectivity index is 1.59. The highest BCUT2D eigenvalue weighted by Crippen LogP contribution is 2.36. The number of hydrogen-bond donors (Lipinski definition) is 1. The maximum Gasteiger partial charge on any atom is 0.272 e. The van der Waals surface area contributed by atoms with Crippen molar-refractivity contribution in [3.63, 3.8) is 0 Å². The number of aryl methyl sites for hydroxylation is 1. The molecule has 2 aliphatic rings. The molecule has 0 bridgehead atoms. The van der Waals surface area contributed by atoms with Gasteiger partial charge in [0.25, 0.3) is 5.56 Å². The van der Waals surface area contributed by atoms with Crippen molar-refractivity contribution in [2.24, 2.45) is 5.92 Å². The largest absolute Gasteiger partial charge is 0.381 e. The fourth-order valence-corrected chi connectivity index (χ4v) is 4.58. The van der Waals surface area contributed by atoms with Gasteiger partial charge in [0.2, 0.25) is 5.91 Å². The molecule has 27 heavy (non-hydrogen) atoms. The van der Waals surface area contributed by atoms with E-state index < -0.39 is 0 Å². The summed E-state index contributed by atoms with van der Waals surface area (Å²) in [5.74, 6) is 0.272. The van der Waals surface area contributed by atoms with Gasteiger partial charge in [0.15, 0.2) is 5.65 Å². The fourth-order valence-electron chi connectivity index (χ4n) is 4.58. The first kappa shape index (κ1) is 18.2. The van der Waals surface area contributed by atoms with E-state index in [9.17, 15) is 9.59 Å². The zero-order valence-electron chi connectivity index (χ0n) is 16.1. The third kappa shape index (κ3) is 3.40. The predicted octanol–water partition coefficient (Wildman–Crippen LogP) is 2.45. The Bertz CT molecular complexity index is 887. The summed E-state index contributed by atoms with van der Waals surface area (Å²) in [6.07, 6.45) is 6.64. The second kappa shape index (κ2) is 7.46. The van der Waals surface area contributed by atoms with E-state index in [1.54, 1.807) is 13.2 Å². The monoisotopic (exact) mass is 372 g/mol. The normalized spacial score (nSPS) is 26.0. The second-order valence-electron chi connectivity index (χ2n) is 7.76. The van der Waals surface area contributed by atoms with Gasteiger partial charge in [-0.2, -0.15) is 0 Å². The molecule has 0 radical (unpaired) electrons. The molecule has 146 valence electrons. The van der Waals surface area contributed by atoms with Crippen molar-refractivity contribution in [2.45, 2.75) is 64.0 Å². The van der Waals surface area contributed by atoms with Crippen LogP contribution in [0.5, 0.6) is 0 Å². The summed E-state index contributed by atoms with van der Waals surface area (Å²) in [4.78, 5) is 32.1. The molecule has 0 spiro atoms. The summed E-state index contributed by atoms with van der Waals surface area (Å²) >= 11 is 0. The molecule has 1 aliphatic carbocycles. The van der Waals surface area contributed by atoms with Crippen molar-refractivity contribution in [2.75, 3.05) is 13.7 Å². The molecular weight excluding hydrogens is 344 g/mol. The van der Waals surface area contributed by atoms with Crippen molar-refractivity contribution in [3.8, 4) is 0 Å². The highest BCUT2D eigenvalue weighted by atomic mass is 16.5. The lowest BCUT2D eigenvalue weighted by molar-refractivity contribution is -0.139. The third-order valence-corrected chi connectivity index (χ3v) is 6.09. The fraction of sp³-hybridized carbons (Fsp3) is 0.650. The third-order valence-electron chi connectivity index (χ3n) is 6.09. The van der Waals surface area contributed by atoms with Crippen molar-refractivity contribution in [1.29, 1.82) is 0 Å². The zero-order valence-corrected chi connectivity index (χ0v) is 16.1. The first-order valence-electron chi connectivity index (χ1n) is 10.1. The van der Waals surface area contributed by atoms with Gasteiger partial charge in [-0.3, -0.25) is 14.7 Å². The lowest BCUT2D eigenvalue weighted by Crippen LogP contribution is -2.39. The molecule has 1 saturated carbocycles. The van der Waals surface area contributed by atoms with Crippen LogP contribution < -0.4 is 5.56 Å². The van der Waals surface area contributed by atoms with Gasteiger partial charge in [0, 0.05) is 37.4 Å². The number of likely N-dealkylation sites (tertiary alicyclic amines) is 1. The van der Waals surface area contributed by atoms with Gasteiger partial charge in [0.1, 0.15) is 0 Å². The number of aromatic nitrogens is 3. The van der Waals surface area contributed by atoms with E-state index in [0.29, 0.717) is 5.65 Å². The van der Waals surface area contributed by atoms with Gasteiger partial charge < -0.3 is 9.64 Å². The minimum absolute atomic E-state index is 0.00778. The average molecular weight is 372 g/mol. The lowest BCUT2D eigenvalue weighted by atomic mass is 9.86. The molecule has 1 amide bonds. The molecule has 2 aromatic rings. The minimum Gasteiger partial charge on any atom is -0.381 e. The Kier molecular flexibility index (Phi) is 5.04. The molecule has 0 unspecified atom stereocenters. The van der Waals surface area contributed by atoms with Crippen LogP contribution in [0.15, 0.2) is 16.9 Å². The molecule has 2 fully saturated rings. The summed E-state index contributed by atoms with van der Waals surface area (Å²) in [5.41, 5.74) is 2.22. The Morgan fingerprint density at radius 2 is 2.15 bits per heavy atom. The summed E-state index contributed by atoms with van der Waals surface area (Å²) in [6.45, 7) is 2.76. The van der Waals surface area contributed by atoms with Crippen LogP contribution in [0.3, 0.4) is 0 Å². The van der Waals surface area contributed by atoms with Crippen LogP contribution in [-0.4, -0.2) is 45.2 Å². The number of nitrogens with one attached hydrogen (secondary N) is 1. The number of aromatic amines is 1. The van der Waals surface area contributed by atoms with Crippen LogP contribution in [-0.2, 0) is 16.0 Å². The maximum absolute atomic E-state index is 13.2. The maximum atomic E-state index is 13.2. The van der Waals surface area contributed by atoms with Crippen molar-refractivity contribution in [1.82, 2.24) is 19.5 Å². The van der Waals surface area contributed by atoms with Gasteiger partial charge >= 0.3 is 0 Å². The van der Waals surface area contributed by atoms with Crippen molar-refractivity contribution >= 4 is 11.6 Å². The van der Waals surface area contributed by atoms with E-state index in [2.05, 4.69) is 10.1 Å². The van der Waals surface area contributed by atoms with Gasteiger partial charge in [-0.25, -0.2) is 9.50 Å². The Morgan fingerprint density at radius 1 is 1.30 bits per heavy atom. The topological polar surface area (TPSA) is 79.7 Å². The Morgan fingerprint density at radius 3 is 2.93 bits per heavy atom. The number of carbonyl (C=O) groups is 1. The predicted molar refractivity (Wildman–Crippen MR) is 102 cm³/mol. The minimum atomic E-state index is -0.103. The van der Waals surface area contributed by atoms with E-state index in [1.165, 1.54) is 4.52 Å². The zero-order chi connectivity index (χ0) is 19.0. The molecule has 1 N–H and O–H groups in total. The van der Waals surface area contributed by atoms with E-state index >= 15 is 0 Å². The summed E-state index contributed by atoms with van der Waals surface area (Å²) in [6, 6.07) is 3.49. The number of fused-ring (bicyclic) bond motifs is 1. The number of rotatable bonds is 4. The summed E-state index contributed by atoms with van der Waals surface area (Å²) in [7, 11) is 1.73. The van der Waals surface area contributed by atoms with E-state index in [0.717, 1.165) is 62.9 Å². The number of hydrogen-bond acceptors (Lipinski definition) is 4. The first-order valence-corrected chi connectivity index (χ1v) is 10.1. The summed E-state index contributed by atoms with van der Waals surface area (Å²) in [5, 5.41) is 3.19. The van der Waals surface area contributed by atoms with E-state index in [-0.39, 0.29) is 29.5 Å². The van der Waals surface area contributed by atoms with Gasteiger partial charge in [-0.15, -0.1) is 0 Å². The highest BCUT2D eigenvalue weighted by Gasteiger charge is 2.37. The number of H-pyrrole nitrogens is 1. The Labute approximate surface area is 158 Å². The standard InChI is InChI=1S/C20H28N4O3/c1-3-14-11-19(25)24-18(21-14)12-16(22-24)17-8-5-9-23(17)20(26)13-6-4-7-15(10-13)27-2/h11-13,15,17,22H,3-10H2,1-2H3/t13-,15-,17+/m0/s1. The first-order chi connectivity index (χ1) is 13.1. The molecule has 4 rings (SSSR count). The van der Waals surface area contributed by atoms with Crippen LogP contribution in [0.4, 0.5) is 0 Å². The van der Waals surface area contributed by atoms with Crippen molar-refractivity contribution < 1.29 is 9.53 Å². The number of carbonyl (C=O) groups excluding carboxylic acids is 1. The molecule has 1 saturated heterocycles. The van der Waals surface area contributed by atoms with E-state index in [1.807, 2.05) is 17.9 Å². The van der Waals surface area contributed by atoms with E-state index in [4.69, 9.17) is 4.74 Å². The number of ether oxygens (including phenoxy) is 1. The van der Waals surface area contributed by atoms with Gasteiger partial charge in [-0.05, 0) is 38.5 Å². The second-order valence-corrected chi connectivity index (χ2v) is 7.76. The van der Waals surface area contributed by atoms with Crippen LogP contribution >= 0.6 is 0 Å². The average Bonchev–Trinajstić information content (AvgIpc) is 3.34. The molecule has 1 aliphatic heterocycles. The lowest BCUT2D eigenvalue weighted by Gasteiger charge is -2.32. The van der Waals surface area contributed by atoms with Crippen LogP contribution in [0.2, 0.25) is 0 Å². The van der Waals surface area contributed by atoms with Gasteiger partial charge in [-0.1, -0.05) is 13.3 Å². The molecule has 0 aromatic carbocycles. The van der Waals surface area contributed by atoms with Crippen LogP contribution in [0.1, 0.15) is 62.9 Å². The van der Waals surface area contributed by atoms with Crippen LogP contribution in [0.25, 0.3) is 5.65 Å². The summed E-state index contributed by atoms with van der Waals surface area (Å²) < 4.78 is 6.98. The van der Waals surface area contributed by atoms with Crippen LogP contribution in [0, 0.1) is 5.92 Å². The van der Waals surface area contributed by atoms with Gasteiger partial charge in [0.05, 0.1) is 17.8 Å². The molecule has 2 aromatic heterocycles. The molecule has 7 heteroatoms. The molecule has 3 heterocycles. The molecule has 3 atom stereocenters. The number of methoxy groups -OCH3 is 1. The Hall–Kier alpha value is -2.15. The highest BCUT2D eigenvalue weighted by molar-refractivity contribution is 5.79. The smallest absolute Gasteiger partial charge is 0.272 e. The van der Waals surface area contributed by atoms with Crippen molar-refractivity contribution in [3.05, 3.63) is 33.9 Å². The number of amides is 1. The quantitative estimate of drug-likeness (QED) is 0.894.